The monoisotopic (exact) mass is 1250 g/mol. The number of aromatic hydroxyl groups is 1. The van der Waals surface area contributed by atoms with E-state index in [-0.39, 0.29) is 88.3 Å². The van der Waals surface area contributed by atoms with Crippen LogP contribution >= 0.6 is 56.7 Å². The summed E-state index contributed by atoms with van der Waals surface area (Å²) in [5.74, 6) is -7.80. The van der Waals surface area contributed by atoms with Gasteiger partial charge in [-0.2, -0.15) is 0 Å². The Morgan fingerprint density at radius 2 is 1.44 bits per heavy atom. The largest absolute Gasteiger partial charge is 0.506 e. The first kappa shape index (κ1) is 62.4. The normalized spacial score (nSPS) is 23.2. The number of nitrogens with two attached hydrogens (primary N) is 1. The lowest BCUT2D eigenvalue weighted by Crippen LogP contribution is -2.61. The molecule has 1 fully saturated rings. The van der Waals surface area contributed by atoms with Crippen molar-refractivity contribution in [3.8, 4) is 38.4 Å². The second-order valence-electron chi connectivity index (χ2n) is 19.4. The summed E-state index contributed by atoms with van der Waals surface area (Å²) >= 11 is 4.34. The number of hydrogen-bond donors (Lipinski definition) is 12. The number of ether oxygens (including phenoxy) is 3. The van der Waals surface area contributed by atoms with Gasteiger partial charge in [-0.05, 0) is 47.9 Å². The lowest BCUT2D eigenvalue weighted by atomic mass is 9.85. The van der Waals surface area contributed by atoms with Crippen LogP contribution in [0, 0.1) is 0 Å². The fraction of sp³-hybridized carbons (Fsp3) is 0.380. The van der Waals surface area contributed by atoms with Crippen LogP contribution in [0.15, 0.2) is 51.0 Å². The number of rotatable bonds is 13. The Hall–Kier alpha value is -7.61. The predicted octanol–water partition coefficient (Wildman–Crippen LogP) is 1.32. The molecule has 6 aromatic rings. The van der Waals surface area contributed by atoms with Gasteiger partial charge in [-0.25, -0.2) is 34.7 Å². The third-order valence-corrected chi connectivity index (χ3v) is 17.5. The van der Waals surface area contributed by atoms with E-state index >= 15 is 0 Å². The van der Waals surface area contributed by atoms with Crippen molar-refractivity contribution in [1.82, 2.24) is 61.4 Å². The van der Waals surface area contributed by atoms with Gasteiger partial charge >= 0.3 is 5.97 Å². The van der Waals surface area contributed by atoms with E-state index in [9.17, 15) is 64.2 Å². The number of aromatic nitrogens is 6. The van der Waals surface area contributed by atoms with E-state index in [0.29, 0.717) is 0 Å². The van der Waals surface area contributed by atoms with Crippen LogP contribution in [0.3, 0.4) is 0 Å². The molecule has 29 nitrogen and oxygen atoms in total. The number of methoxy groups -OCH3 is 1. The van der Waals surface area contributed by atoms with Crippen LogP contribution in [-0.4, -0.2) is 183 Å². The Morgan fingerprint density at radius 3 is 2.06 bits per heavy atom. The highest BCUT2D eigenvalue weighted by molar-refractivity contribution is 7.14. The van der Waals surface area contributed by atoms with Crippen molar-refractivity contribution in [2.75, 3.05) is 27.8 Å². The summed E-state index contributed by atoms with van der Waals surface area (Å²) in [6, 6.07) is -4.01. The summed E-state index contributed by atoms with van der Waals surface area (Å²) in [7, 11) is 4.74. The minimum absolute atomic E-state index is 0.00547. The molecule has 84 heavy (non-hydrogen) atoms. The van der Waals surface area contributed by atoms with E-state index in [4.69, 9.17) is 29.9 Å². The summed E-state index contributed by atoms with van der Waals surface area (Å²) in [5, 5.41) is 86.5. The Morgan fingerprint density at radius 1 is 0.857 bits per heavy atom. The van der Waals surface area contributed by atoms with E-state index in [0.717, 1.165) is 56.7 Å². The maximum atomic E-state index is 14.3. The van der Waals surface area contributed by atoms with Crippen LogP contribution in [-0.2, 0) is 28.6 Å². The Kier molecular flexibility index (Phi) is 19.1. The first-order valence-corrected chi connectivity index (χ1v) is 29.3. The van der Waals surface area contributed by atoms with E-state index in [1.54, 1.807) is 25.9 Å². The molecular weight excluding hydrogens is 1200 g/mol. The quantitative estimate of drug-likeness (QED) is 0.0573. The third-order valence-electron chi connectivity index (χ3n) is 13.0. The van der Waals surface area contributed by atoms with E-state index in [1.165, 1.54) is 60.8 Å². The molecule has 0 aromatic carbocycles. The van der Waals surface area contributed by atoms with Crippen molar-refractivity contribution < 1.29 is 78.4 Å². The molecular formula is C50H55N13O16S5. The van der Waals surface area contributed by atoms with Gasteiger partial charge in [-0.1, -0.05) is 6.58 Å². The van der Waals surface area contributed by atoms with Crippen LogP contribution in [0.4, 0.5) is 0 Å². The average Bonchev–Trinajstić information content (AvgIpc) is 2.66. The number of pyridine rings is 1. The minimum Gasteiger partial charge on any atom is -0.506 e. The zero-order chi connectivity index (χ0) is 61.2. The highest BCUT2D eigenvalue weighted by Crippen LogP contribution is 2.41. The molecule has 6 aromatic heterocycles. The molecule has 6 amide bonds. The number of nitrogens with zero attached hydrogens (tertiary/aromatic N) is 7. The van der Waals surface area contributed by atoms with Crippen LogP contribution in [0.1, 0.15) is 103 Å². The van der Waals surface area contributed by atoms with Crippen molar-refractivity contribution in [2.45, 2.75) is 94.6 Å². The number of carbonyl (C=O) groups excluding carboxylic acids is 6. The highest BCUT2D eigenvalue weighted by Gasteiger charge is 2.48. The SMILES string of the molecule is C=C(NC(=O)c1csc(-c2nc3c(cc2O)-c2nc(cs2)C(=O)N[C@@H]([C@@H](C)O)C(=O)N/C(=C(\C)OC)c2nc(cs2)C(=O)N[C@@H]([C@H](O)[C@H](O[C@H]2C[C@](C)(O)[C@H](N(C)C)[C@H](C)O2)C(=O)O)c2nc(cs2)C(=O)N[C@@H](CO)c2nc-3cs2)n1)C(N)=O. The number of hydrogen-bond acceptors (Lipinski definition) is 27. The van der Waals surface area contributed by atoms with Gasteiger partial charge in [0, 0.05) is 38.9 Å². The molecule has 0 spiro atoms. The van der Waals surface area contributed by atoms with Gasteiger partial charge in [0.25, 0.3) is 29.5 Å². The van der Waals surface area contributed by atoms with Gasteiger partial charge in [-0.15, -0.1) is 56.7 Å². The molecule has 8 bridgehead atoms. The molecule has 13 N–H and O–H groups in total. The fourth-order valence-corrected chi connectivity index (χ4v) is 13.2. The lowest BCUT2D eigenvalue weighted by Gasteiger charge is -2.47. The van der Waals surface area contributed by atoms with Crippen molar-refractivity contribution in [2.24, 2.45) is 5.73 Å². The fourth-order valence-electron chi connectivity index (χ4n) is 9.00. The van der Waals surface area contributed by atoms with Gasteiger partial charge in [0.1, 0.15) is 106 Å². The van der Waals surface area contributed by atoms with Gasteiger partial charge in [-0.3, -0.25) is 28.8 Å². The van der Waals surface area contributed by atoms with Crippen molar-refractivity contribution in [1.29, 1.82) is 0 Å². The first-order chi connectivity index (χ1) is 39.7. The first-order valence-electron chi connectivity index (χ1n) is 24.9. The van der Waals surface area contributed by atoms with Crippen molar-refractivity contribution >= 4 is 104 Å². The molecule has 0 saturated carbocycles. The van der Waals surface area contributed by atoms with Crippen LogP contribution in [0.25, 0.3) is 38.4 Å². The lowest BCUT2D eigenvalue weighted by molar-refractivity contribution is -0.277. The second kappa shape index (κ2) is 25.7. The number of allylic oxidation sites excluding steroid dienone is 1. The van der Waals surface area contributed by atoms with E-state index in [2.05, 4.69) is 53.1 Å². The minimum atomic E-state index is -2.20. The number of amides is 6. The Labute approximate surface area is 496 Å². The average molecular weight is 1250 g/mol. The number of thiazole rings is 5. The number of carboxylic acids is 1. The molecule has 0 radical (unpaired) electrons. The number of aliphatic carboxylic acids is 1. The van der Waals surface area contributed by atoms with E-state index in [1.807, 2.05) is 0 Å². The summed E-state index contributed by atoms with van der Waals surface area (Å²) in [6.45, 7) is 8.55. The highest BCUT2D eigenvalue weighted by atomic mass is 32.1. The smallest absolute Gasteiger partial charge is 0.335 e. The number of likely N-dealkylation sites (N-methyl/N-ethyl adjacent to an activating group) is 1. The molecule has 2 aliphatic rings. The van der Waals surface area contributed by atoms with Gasteiger partial charge < -0.3 is 82.1 Å². The molecule has 446 valence electrons. The van der Waals surface area contributed by atoms with E-state index < -0.39 is 120 Å². The number of primary amides is 1. The van der Waals surface area contributed by atoms with Crippen molar-refractivity contribution in [3.05, 3.63) is 88.8 Å². The topological polar surface area (TPSA) is 435 Å². The third kappa shape index (κ3) is 13.5. The maximum Gasteiger partial charge on any atom is 0.335 e. The molecule has 34 heteroatoms. The van der Waals surface area contributed by atoms with Gasteiger partial charge in [0.05, 0.1) is 43.3 Å². The zero-order valence-electron chi connectivity index (χ0n) is 45.3. The predicted molar refractivity (Wildman–Crippen MR) is 303 cm³/mol. The van der Waals surface area contributed by atoms with Crippen LogP contribution in [0.2, 0.25) is 0 Å². The maximum absolute atomic E-state index is 14.3. The Balaban J connectivity index is 1.21. The number of carbonyl (C=O) groups is 7. The van der Waals surface area contributed by atoms with Gasteiger partial charge in [0.2, 0.25) is 5.91 Å². The summed E-state index contributed by atoms with van der Waals surface area (Å²) in [5.41, 5.74) is 2.15. The molecule has 0 unspecified atom stereocenters. The Bertz CT molecular complexity index is 3570. The number of aliphatic hydroxyl groups is 4. The number of fused-ring (bicyclic) bond motifs is 11. The molecule has 2 aliphatic heterocycles. The van der Waals surface area contributed by atoms with Gasteiger partial charge in [0.15, 0.2) is 12.4 Å². The zero-order valence-corrected chi connectivity index (χ0v) is 49.4. The molecule has 1 saturated heterocycles. The summed E-state index contributed by atoms with van der Waals surface area (Å²) < 4.78 is 17.4. The standard InChI is InChI=1S/C50H55N13O16S5/c1-17(38(51)68)52-39(69)24-14-83-47(57-24)33-28(66)9-21-32(59-33)23-12-81-45(54-23)22(11-64)53-40(70)25-15-84-48(58-25)34(35(67)36(49(74)75)79-29-10-50(5,76)37(63(6)7)20(4)78-29)62-42(72)27-16-82-46(56-27)31(19(3)77-8)61-43(73)30(18(2)65)60-41(71)26-13-80-44(21)55-26/h9,12-16,18,20,22,29-30,34-37,64-67,76H,1,10-11H2,2-8H3,(H2,51,68)(H,52,69)(H,53,70)(H,60,71)(H,61,73)(H,62,72)(H,74,75)/b31-19+/t18-,20+,22+,29+,30+,34+,35+,36+,37-,50+/m1/s1. The second-order valence-corrected chi connectivity index (χ2v) is 23.8. The van der Waals surface area contributed by atoms with Crippen LogP contribution in [0.5, 0.6) is 5.75 Å². The number of nitrogens with one attached hydrogen (secondary N) is 5. The summed E-state index contributed by atoms with van der Waals surface area (Å²) in [4.78, 5) is 123. The molecule has 8 heterocycles. The van der Waals surface area contributed by atoms with Crippen molar-refractivity contribution in [3.63, 3.8) is 0 Å². The molecule has 0 aliphatic carbocycles. The molecule has 10 atom stereocenters. The summed E-state index contributed by atoms with van der Waals surface area (Å²) in [6.07, 6.45) is -8.27. The van der Waals surface area contributed by atoms with Crippen LogP contribution < -0.4 is 32.3 Å². The number of carboxylic acid groups (broad SMARTS) is 1. The number of aliphatic hydroxyl groups excluding tert-OH is 3. The molecule has 8 rings (SSSR count).